The van der Waals surface area contributed by atoms with E-state index < -0.39 is 5.82 Å². The number of nitrogens with zero attached hydrogens (tertiary/aromatic N) is 1. The van der Waals surface area contributed by atoms with E-state index in [4.69, 9.17) is 14.0 Å². The average Bonchev–Trinajstić information content (AvgIpc) is 3.05. The summed E-state index contributed by atoms with van der Waals surface area (Å²) in [5, 5.41) is 13.7. The van der Waals surface area contributed by atoms with E-state index in [1.54, 1.807) is 43.5 Å². The van der Waals surface area contributed by atoms with Crippen molar-refractivity contribution in [2.24, 2.45) is 0 Å². The number of halogens is 1. The van der Waals surface area contributed by atoms with Crippen LogP contribution < -0.4 is 9.47 Å². The van der Waals surface area contributed by atoms with Gasteiger partial charge in [0.1, 0.15) is 11.5 Å². The summed E-state index contributed by atoms with van der Waals surface area (Å²) in [6.45, 7) is -0.336. The Morgan fingerprint density at radius 1 is 1.08 bits per heavy atom. The van der Waals surface area contributed by atoms with Gasteiger partial charge in [0.25, 0.3) is 0 Å². The third-order valence-electron chi connectivity index (χ3n) is 3.72. The lowest BCUT2D eigenvalue weighted by Crippen LogP contribution is -1.93. The van der Waals surface area contributed by atoms with Gasteiger partial charge in [0.2, 0.25) is 0 Å². The molecule has 1 N–H and O–H groups in total. The van der Waals surface area contributed by atoms with Crippen LogP contribution in [0.4, 0.5) is 4.39 Å². The summed E-state index contributed by atoms with van der Waals surface area (Å²) in [6, 6.07) is 11.4. The summed E-state index contributed by atoms with van der Waals surface area (Å²) in [4.78, 5) is 0. The molecule has 0 aliphatic rings. The van der Waals surface area contributed by atoms with Crippen LogP contribution in [0.25, 0.3) is 22.6 Å². The number of rotatable bonds is 5. The van der Waals surface area contributed by atoms with E-state index in [0.29, 0.717) is 28.4 Å². The van der Waals surface area contributed by atoms with Gasteiger partial charge in [0.15, 0.2) is 17.3 Å². The molecular formula is C18H16FNO4. The fourth-order valence-corrected chi connectivity index (χ4v) is 2.53. The van der Waals surface area contributed by atoms with Crippen LogP contribution in [0.2, 0.25) is 0 Å². The van der Waals surface area contributed by atoms with Crippen molar-refractivity contribution in [1.29, 1.82) is 0 Å². The molecule has 0 saturated heterocycles. The second kappa shape index (κ2) is 6.72. The predicted octanol–water partition coefficient (Wildman–Crippen LogP) is 3.66. The van der Waals surface area contributed by atoms with Crippen LogP contribution in [-0.2, 0) is 6.61 Å². The predicted molar refractivity (Wildman–Crippen MR) is 86.4 cm³/mol. The Hall–Kier alpha value is -2.86. The maximum atomic E-state index is 14.0. The van der Waals surface area contributed by atoms with Gasteiger partial charge in [0, 0.05) is 11.1 Å². The number of aliphatic hydroxyl groups excluding tert-OH is 1. The molecule has 0 atom stereocenters. The van der Waals surface area contributed by atoms with Crippen molar-refractivity contribution in [3.63, 3.8) is 0 Å². The molecule has 2 aromatic carbocycles. The van der Waals surface area contributed by atoms with Crippen LogP contribution in [0, 0.1) is 5.82 Å². The Bertz CT molecular complexity index is 860. The summed E-state index contributed by atoms with van der Waals surface area (Å²) in [7, 11) is 3.07. The Morgan fingerprint density at radius 2 is 1.83 bits per heavy atom. The highest BCUT2D eigenvalue weighted by molar-refractivity contribution is 5.74. The molecule has 0 unspecified atom stereocenters. The van der Waals surface area contributed by atoms with E-state index in [0.717, 1.165) is 0 Å². The van der Waals surface area contributed by atoms with Crippen molar-refractivity contribution < 1.29 is 23.5 Å². The molecule has 0 amide bonds. The normalized spacial score (nSPS) is 10.7. The largest absolute Gasteiger partial charge is 0.493 e. The molecular weight excluding hydrogens is 313 g/mol. The standard InChI is InChI=1S/C18H16FNO4/c1-22-15-8-7-11(9-16(15)23-2)18-13(10-21)17(20-24-18)12-5-3-4-6-14(12)19/h3-9,21H,10H2,1-2H3. The third-order valence-corrected chi connectivity index (χ3v) is 3.72. The highest BCUT2D eigenvalue weighted by Crippen LogP contribution is 2.37. The lowest BCUT2D eigenvalue weighted by molar-refractivity contribution is 0.281. The number of hydrogen-bond donors (Lipinski definition) is 1. The molecule has 0 fully saturated rings. The first kappa shape index (κ1) is 16.0. The first-order chi connectivity index (χ1) is 11.7. The van der Waals surface area contributed by atoms with Gasteiger partial charge >= 0.3 is 0 Å². The van der Waals surface area contributed by atoms with Gasteiger partial charge in [-0.25, -0.2) is 4.39 Å². The third kappa shape index (κ3) is 2.72. The molecule has 0 radical (unpaired) electrons. The van der Waals surface area contributed by atoms with Crippen molar-refractivity contribution >= 4 is 0 Å². The van der Waals surface area contributed by atoms with Gasteiger partial charge < -0.3 is 19.1 Å². The van der Waals surface area contributed by atoms with Crippen LogP contribution in [-0.4, -0.2) is 24.5 Å². The quantitative estimate of drug-likeness (QED) is 0.774. The number of aromatic nitrogens is 1. The van der Waals surface area contributed by atoms with Gasteiger partial charge in [0.05, 0.1) is 26.4 Å². The van der Waals surface area contributed by atoms with Gasteiger partial charge in [-0.15, -0.1) is 0 Å². The zero-order valence-corrected chi connectivity index (χ0v) is 13.2. The first-order valence-electron chi connectivity index (χ1n) is 7.26. The maximum absolute atomic E-state index is 14.0. The number of aliphatic hydroxyl groups is 1. The lowest BCUT2D eigenvalue weighted by Gasteiger charge is -2.09. The fourth-order valence-electron chi connectivity index (χ4n) is 2.53. The van der Waals surface area contributed by atoms with Crippen molar-refractivity contribution in [1.82, 2.24) is 5.16 Å². The summed E-state index contributed by atoms with van der Waals surface area (Å²) < 4.78 is 29.9. The van der Waals surface area contributed by atoms with Crippen molar-refractivity contribution in [2.45, 2.75) is 6.61 Å². The second-order valence-corrected chi connectivity index (χ2v) is 5.05. The van der Waals surface area contributed by atoms with Crippen LogP contribution in [0.1, 0.15) is 5.56 Å². The molecule has 1 heterocycles. The molecule has 0 saturated carbocycles. The van der Waals surface area contributed by atoms with Gasteiger partial charge in [-0.1, -0.05) is 17.3 Å². The van der Waals surface area contributed by atoms with Crippen molar-refractivity contribution in [3.05, 3.63) is 53.8 Å². The molecule has 0 spiro atoms. The molecule has 3 aromatic rings. The molecule has 5 nitrogen and oxygen atoms in total. The number of methoxy groups -OCH3 is 2. The zero-order chi connectivity index (χ0) is 17.1. The van der Waals surface area contributed by atoms with Crippen LogP contribution in [0.5, 0.6) is 11.5 Å². The molecule has 24 heavy (non-hydrogen) atoms. The van der Waals surface area contributed by atoms with Gasteiger partial charge in [-0.2, -0.15) is 0 Å². The highest BCUT2D eigenvalue weighted by Gasteiger charge is 2.21. The molecule has 124 valence electrons. The number of benzene rings is 2. The molecule has 0 aliphatic carbocycles. The highest BCUT2D eigenvalue weighted by atomic mass is 19.1. The molecule has 3 rings (SSSR count). The molecule has 0 aliphatic heterocycles. The van der Waals surface area contributed by atoms with Crippen molar-refractivity contribution in [2.75, 3.05) is 14.2 Å². The minimum atomic E-state index is -0.431. The van der Waals surface area contributed by atoms with Crippen LogP contribution in [0.3, 0.4) is 0 Å². The van der Waals surface area contributed by atoms with E-state index in [-0.39, 0.29) is 17.9 Å². The fraction of sp³-hybridized carbons (Fsp3) is 0.167. The van der Waals surface area contributed by atoms with Crippen molar-refractivity contribution in [3.8, 4) is 34.1 Å². The molecule has 0 bridgehead atoms. The van der Waals surface area contributed by atoms with Gasteiger partial charge in [-0.3, -0.25) is 0 Å². The van der Waals surface area contributed by atoms with E-state index in [2.05, 4.69) is 5.16 Å². The monoisotopic (exact) mass is 329 g/mol. The van der Waals surface area contributed by atoms with Crippen LogP contribution >= 0.6 is 0 Å². The summed E-state index contributed by atoms with van der Waals surface area (Å²) in [5.74, 6) is 1.01. The van der Waals surface area contributed by atoms with E-state index in [9.17, 15) is 9.50 Å². The second-order valence-electron chi connectivity index (χ2n) is 5.05. The minimum absolute atomic E-state index is 0.275. The van der Waals surface area contributed by atoms with Gasteiger partial charge in [-0.05, 0) is 30.3 Å². The molecule has 6 heteroatoms. The summed E-state index contributed by atoms with van der Waals surface area (Å²) >= 11 is 0. The van der Waals surface area contributed by atoms with E-state index in [1.807, 2.05) is 0 Å². The maximum Gasteiger partial charge on any atom is 0.173 e. The average molecular weight is 329 g/mol. The summed E-state index contributed by atoms with van der Waals surface area (Å²) in [5.41, 5.74) is 1.61. The Balaban J connectivity index is 2.12. The Kier molecular flexibility index (Phi) is 4.48. The summed E-state index contributed by atoms with van der Waals surface area (Å²) in [6.07, 6.45) is 0. The van der Waals surface area contributed by atoms with E-state index >= 15 is 0 Å². The smallest absolute Gasteiger partial charge is 0.173 e. The Labute approximate surface area is 138 Å². The topological polar surface area (TPSA) is 64.7 Å². The first-order valence-corrected chi connectivity index (χ1v) is 7.26. The number of ether oxygens (including phenoxy) is 2. The zero-order valence-electron chi connectivity index (χ0n) is 13.2. The van der Waals surface area contributed by atoms with Crippen LogP contribution in [0.15, 0.2) is 47.0 Å². The molecule has 1 aromatic heterocycles. The van der Waals surface area contributed by atoms with E-state index in [1.165, 1.54) is 13.2 Å². The SMILES string of the molecule is COc1ccc(-c2onc(-c3ccccc3F)c2CO)cc1OC. The number of hydrogen-bond acceptors (Lipinski definition) is 5. The minimum Gasteiger partial charge on any atom is -0.493 e. The Morgan fingerprint density at radius 3 is 2.50 bits per heavy atom. The lowest BCUT2D eigenvalue weighted by atomic mass is 10.0.